The number of aliphatic carboxylic acids is 1. The number of benzene rings is 1. The molecule has 1 aliphatic carbocycles. The lowest BCUT2D eigenvalue weighted by Crippen LogP contribution is -2.62. The van der Waals surface area contributed by atoms with Crippen molar-refractivity contribution in [3.63, 3.8) is 0 Å². The Bertz CT molecular complexity index is 500. The lowest BCUT2D eigenvalue weighted by atomic mass is 9.91. The van der Waals surface area contributed by atoms with Crippen LogP contribution in [0.5, 0.6) is 0 Å². The summed E-state index contributed by atoms with van der Waals surface area (Å²) in [5.41, 5.74) is -0.134. The van der Waals surface area contributed by atoms with Crippen LogP contribution in [0.1, 0.15) is 26.7 Å². The molecule has 0 bridgehead atoms. The molecule has 116 valence electrons. The van der Waals surface area contributed by atoms with E-state index in [2.05, 4.69) is 5.32 Å². The molecule has 1 fully saturated rings. The maximum Gasteiger partial charge on any atom is 0.326 e. The molecule has 0 heterocycles. The monoisotopic (exact) mass is 294 g/mol. The zero-order valence-electron chi connectivity index (χ0n) is 12.8. The van der Waals surface area contributed by atoms with Gasteiger partial charge in [-0.25, -0.2) is 4.39 Å². The fraction of sp³-hybridized carbons (Fsp3) is 0.562. The first-order chi connectivity index (χ1) is 9.85. The maximum atomic E-state index is 13.0. The molecule has 21 heavy (non-hydrogen) atoms. The minimum atomic E-state index is -0.947. The van der Waals surface area contributed by atoms with Gasteiger partial charge in [-0.15, -0.1) is 0 Å². The highest BCUT2D eigenvalue weighted by Crippen LogP contribution is 2.41. The van der Waals surface area contributed by atoms with Crippen LogP contribution in [0.2, 0.25) is 0 Å². The van der Waals surface area contributed by atoms with Gasteiger partial charge in [0.1, 0.15) is 11.4 Å². The zero-order valence-corrected chi connectivity index (χ0v) is 12.8. The molecule has 1 aromatic rings. The number of nitrogens with zero attached hydrogens (tertiary/aromatic N) is 1. The van der Waals surface area contributed by atoms with E-state index < -0.39 is 11.5 Å². The standard InChI is InChI=1S/C16H23FN2O2/c1-11(2)18-16(15(20)21,12-4-5-12)10-19(3)14-8-6-13(17)7-9-14/h6-9,11-12,18H,4-5,10H2,1-3H3,(H,20,21). The molecule has 2 rings (SSSR count). The Morgan fingerprint density at radius 1 is 1.43 bits per heavy atom. The van der Waals surface area contributed by atoms with E-state index in [4.69, 9.17) is 0 Å². The summed E-state index contributed by atoms with van der Waals surface area (Å²) in [4.78, 5) is 13.8. The van der Waals surface area contributed by atoms with Gasteiger partial charge in [-0.05, 0) is 56.9 Å². The van der Waals surface area contributed by atoms with Crippen molar-refractivity contribution >= 4 is 11.7 Å². The SMILES string of the molecule is CC(C)NC(CN(C)c1ccc(F)cc1)(C(=O)O)C1CC1. The smallest absolute Gasteiger partial charge is 0.326 e. The fourth-order valence-corrected chi connectivity index (χ4v) is 2.85. The van der Waals surface area contributed by atoms with E-state index in [0.29, 0.717) is 6.54 Å². The van der Waals surface area contributed by atoms with E-state index in [9.17, 15) is 14.3 Å². The van der Waals surface area contributed by atoms with Gasteiger partial charge in [0.25, 0.3) is 0 Å². The third-order valence-corrected chi connectivity index (χ3v) is 3.96. The molecule has 1 aliphatic rings. The molecule has 0 aliphatic heterocycles. The number of anilines is 1. The largest absolute Gasteiger partial charge is 0.480 e. The number of carboxylic acid groups (broad SMARTS) is 1. The van der Waals surface area contributed by atoms with Gasteiger partial charge in [-0.3, -0.25) is 10.1 Å². The predicted molar refractivity (Wildman–Crippen MR) is 81.0 cm³/mol. The summed E-state index contributed by atoms with van der Waals surface area (Å²) in [6.45, 7) is 4.27. The molecule has 0 saturated heterocycles. The van der Waals surface area contributed by atoms with Gasteiger partial charge >= 0.3 is 5.97 Å². The van der Waals surface area contributed by atoms with Crippen molar-refractivity contribution in [1.29, 1.82) is 0 Å². The highest BCUT2D eigenvalue weighted by molar-refractivity contribution is 5.81. The lowest BCUT2D eigenvalue weighted by Gasteiger charge is -2.37. The van der Waals surface area contributed by atoms with Crippen molar-refractivity contribution in [2.75, 3.05) is 18.5 Å². The Labute approximate surface area is 125 Å². The summed E-state index contributed by atoms with van der Waals surface area (Å²) in [6.07, 6.45) is 1.87. The Balaban J connectivity index is 2.21. The second-order valence-electron chi connectivity index (χ2n) is 6.18. The second-order valence-corrected chi connectivity index (χ2v) is 6.18. The van der Waals surface area contributed by atoms with E-state index in [-0.39, 0.29) is 17.8 Å². The molecule has 1 aromatic carbocycles. The van der Waals surface area contributed by atoms with Crippen LogP contribution in [0.4, 0.5) is 10.1 Å². The van der Waals surface area contributed by atoms with E-state index in [0.717, 1.165) is 18.5 Å². The number of carbonyl (C=O) groups is 1. The summed E-state index contributed by atoms with van der Waals surface area (Å²) in [7, 11) is 1.84. The Morgan fingerprint density at radius 3 is 2.43 bits per heavy atom. The molecule has 0 aromatic heterocycles. The van der Waals surface area contributed by atoms with E-state index in [1.807, 2.05) is 25.8 Å². The number of nitrogens with one attached hydrogen (secondary N) is 1. The van der Waals surface area contributed by atoms with Crippen LogP contribution in [-0.2, 0) is 4.79 Å². The first-order valence-corrected chi connectivity index (χ1v) is 7.33. The van der Waals surface area contributed by atoms with Gasteiger partial charge in [-0.1, -0.05) is 0 Å². The van der Waals surface area contributed by atoms with Gasteiger partial charge in [-0.2, -0.15) is 0 Å². The van der Waals surface area contributed by atoms with E-state index >= 15 is 0 Å². The lowest BCUT2D eigenvalue weighted by molar-refractivity contribution is -0.145. The van der Waals surface area contributed by atoms with Crippen molar-refractivity contribution in [3.05, 3.63) is 30.1 Å². The Kier molecular flexibility index (Phi) is 4.52. The number of carboxylic acids is 1. The van der Waals surface area contributed by atoms with Gasteiger partial charge < -0.3 is 10.0 Å². The van der Waals surface area contributed by atoms with Crippen LogP contribution in [0, 0.1) is 11.7 Å². The minimum absolute atomic E-state index is 0.0864. The number of likely N-dealkylation sites (N-methyl/N-ethyl adjacent to an activating group) is 1. The third kappa shape index (κ3) is 3.53. The molecule has 0 radical (unpaired) electrons. The molecular weight excluding hydrogens is 271 g/mol. The van der Waals surface area contributed by atoms with Crippen LogP contribution in [0.15, 0.2) is 24.3 Å². The van der Waals surface area contributed by atoms with Crippen molar-refractivity contribution in [1.82, 2.24) is 5.32 Å². The predicted octanol–water partition coefficient (Wildman–Crippen LogP) is 2.49. The molecular formula is C16H23FN2O2. The number of hydrogen-bond acceptors (Lipinski definition) is 3. The molecule has 4 nitrogen and oxygen atoms in total. The zero-order chi connectivity index (χ0) is 15.6. The average molecular weight is 294 g/mol. The summed E-state index contributed by atoms with van der Waals surface area (Å²) in [5, 5.41) is 13.0. The van der Waals surface area contributed by atoms with Crippen LogP contribution in [0.3, 0.4) is 0 Å². The van der Waals surface area contributed by atoms with E-state index in [1.165, 1.54) is 12.1 Å². The van der Waals surface area contributed by atoms with Crippen molar-refractivity contribution in [2.45, 2.75) is 38.3 Å². The normalized spacial score (nSPS) is 17.6. The van der Waals surface area contributed by atoms with Crippen LogP contribution in [0.25, 0.3) is 0 Å². The number of halogens is 1. The number of hydrogen-bond donors (Lipinski definition) is 2. The van der Waals surface area contributed by atoms with Crippen LogP contribution >= 0.6 is 0 Å². The summed E-state index contributed by atoms with van der Waals surface area (Å²) in [5.74, 6) is -0.952. The maximum absolute atomic E-state index is 13.0. The van der Waals surface area contributed by atoms with E-state index in [1.54, 1.807) is 12.1 Å². The third-order valence-electron chi connectivity index (χ3n) is 3.96. The van der Waals surface area contributed by atoms with Crippen molar-refractivity contribution in [2.24, 2.45) is 5.92 Å². The summed E-state index contributed by atoms with van der Waals surface area (Å²) >= 11 is 0. The van der Waals surface area contributed by atoms with Crippen LogP contribution in [-0.4, -0.2) is 36.2 Å². The molecule has 2 N–H and O–H groups in total. The first-order valence-electron chi connectivity index (χ1n) is 7.33. The highest BCUT2D eigenvalue weighted by Gasteiger charge is 2.52. The molecule has 1 atom stereocenters. The molecule has 1 unspecified atom stereocenters. The summed E-state index contributed by atoms with van der Waals surface area (Å²) in [6, 6.07) is 6.21. The van der Waals surface area contributed by atoms with Gasteiger partial charge in [0.2, 0.25) is 0 Å². The Morgan fingerprint density at radius 2 is 2.00 bits per heavy atom. The fourth-order valence-electron chi connectivity index (χ4n) is 2.85. The van der Waals surface area contributed by atoms with Crippen LogP contribution < -0.4 is 10.2 Å². The van der Waals surface area contributed by atoms with Gasteiger partial charge in [0, 0.05) is 25.3 Å². The highest BCUT2D eigenvalue weighted by atomic mass is 19.1. The topological polar surface area (TPSA) is 52.6 Å². The van der Waals surface area contributed by atoms with Gasteiger partial charge in [0.05, 0.1) is 0 Å². The molecule has 0 spiro atoms. The Hall–Kier alpha value is -1.62. The second kappa shape index (κ2) is 6.02. The average Bonchev–Trinajstić information content (AvgIpc) is 3.22. The first kappa shape index (κ1) is 15.8. The quantitative estimate of drug-likeness (QED) is 0.811. The molecule has 1 saturated carbocycles. The summed E-state index contributed by atoms with van der Waals surface area (Å²) < 4.78 is 13.0. The van der Waals surface area contributed by atoms with Crippen molar-refractivity contribution in [3.8, 4) is 0 Å². The molecule has 0 amide bonds. The number of rotatable bonds is 7. The minimum Gasteiger partial charge on any atom is -0.480 e. The molecule has 5 heteroatoms. The van der Waals surface area contributed by atoms with Gasteiger partial charge in [0.15, 0.2) is 0 Å². The van der Waals surface area contributed by atoms with Crippen molar-refractivity contribution < 1.29 is 14.3 Å².